The molecule has 0 aliphatic heterocycles. The molecular weight excluding hydrogens is 210 g/mol. The maximum Gasteiger partial charge on any atom is 0.269 e. The van der Waals surface area contributed by atoms with E-state index < -0.39 is 10.5 Å². The Kier molecular flexibility index (Phi) is 3.39. The fourth-order valence-electron chi connectivity index (χ4n) is 1.17. The van der Waals surface area contributed by atoms with Crippen molar-refractivity contribution in [3.05, 3.63) is 39.9 Å². The molecule has 0 radical (unpaired) electrons. The highest BCUT2D eigenvalue weighted by Crippen LogP contribution is 2.18. The number of hydrogen-bond donors (Lipinski definition) is 0. The van der Waals surface area contributed by atoms with Crippen molar-refractivity contribution in [3.63, 3.8) is 0 Å². The van der Waals surface area contributed by atoms with Crippen molar-refractivity contribution in [3.8, 4) is 0 Å². The van der Waals surface area contributed by atoms with Crippen LogP contribution in [0.4, 0.5) is 5.69 Å². The lowest BCUT2D eigenvalue weighted by atomic mass is 9.96. The standard InChI is InChI=1S/C11H13NO4/c1-11(2,16-3)10(13)8-4-6-9(7-5-8)12(14)15/h4-7H,1-3H3. The fraction of sp³-hybridized carbons (Fsp3) is 0.364. The molecule has 16 heavy (non-hydrogen) atoms. The van der Waals surface area contributed by atoms with E-state index in [1.165, 1.54) is 31.4 Å². The zero-order chi connectivity index (χ0) is 12.3. The fourth-order valence-corrected chi connectivity index (χ4v) is 1.17. The summed E-state index contributed by atoms with van der Waals surface area (Å²) in [7, 11) is 1.45. The van der Waals surface area contributed by atoms with E-state index in [2.05, 4.69) is 0 Å². The summed E-state index contributed by atoms with van der Waals surface area (Å²) < 4.78 is 5.05. The normalized spacial score (nSPS) is 11.2. The molecule has 0 atom stereocenters. The predicted molar refractivity (Wildman–Crippen MR) is 58.5 cm³/mol. The molecule has 0 N–H and O–H groups in total. The van der Waals surface area contributed by atoms with Gasteiger partial charge in [0.1, 0.15) is 5.60 Å². The van der Waals surface area contributed by atoms with Crippen LogP contribution in [0.2, 0.25) is 0 Å². The van der Waals surface area contributed by atoms with Crippen LogP contribution in [0.15, 0.2) is 24.3 Å². The molecular formula is C11H13NO4. The van der Waals surface area contributed by atoms with Crippen molar-refractivity contribution in [1.82, 2.24) is 0 Å². The minimum absolute atomic E-state index is 0.0354. The molecule has 0 bridgehead atoms. The summed E-state index contributed by atoms with van der Waals surface area (Å²) in [6, 6.07) is 5.47. The first-order chi connectivity index (χ1) is 7.38. The number of Topliss-reactive ketones (excluding diaryl/α,β-unsaturated/α-hetero) is 1. The zero-order valence-electron chi connectivity index (χ0n) is 9.39. The summed E-state index contributed by atoms with van der Waals surface area (Å²) >= 11 is 0. The largest absolute Gasteiger partial charge is 0.371 e. The molecule has 0 saturated carbocycles. The van der Waals surface area contributed by atoms with Crippen molar-refractivity contribution in [2.45, 2.75) is 19.4 Å². The van der Waals surface area contributed by atoms with E-state index in [1.807, 2.05) is 0 Å². The van der Waals surface area contributed by atoms with Gasteiger partial charge in [0.15, 0.2) is 5.78 Å². The molecule has 1 aromatic carbocycles. The highest BCUT2D eigenvalue weighted by Gasteiger charge is 2.28. The molecule has 0 aliphatic carbocycles. The lowest BCUT2D eigenvalue weighted by Gasteiger charge is -2.20. The maximum atomic E-state index is 11.9. The minimum Gasteiger partial charge on any atom is -0.371 e. The first-order valence-corrected chi connectivity index (χ1v) is 4.73. The Morgan fingerprint density at radius 2 is 1.81 bits per heavy atom. The quantitative estimate of drug-likeness (QED) is 0.445. The van der Waals surface area contributed by atoms with Crippen LogP contribution in [-0.4, -0.2) is 23.4 Å². The first kappa shape index (κ1) is 12.3. The van der Waals surface area contributed by atoms with E-state index >= 15 is 0 Å². The van der Waals surface area contributed by atoms with E-state index in [9.17, 15) is 14.9 Å². The predicted octanol–water partition coefficient (Wildman–Crippen LogP) is 2.20. The van der Waals surface area contributed by atoms with Crippen molar-refractivity contribution < 1.29 is 14.5 Å². The van der Waals surface area contributed by atoms with E-state index in [4.69, 9.17) is 4.74 Å². The van der Waals surface area contributed by atoms with E-state index in [0.29, 0.717) is 5.56 Å². The smallest absolute Gasteiger partial charge is 0.269 e. The van der Waals surface area contributed by atoms with Gasteiger partial charge in [0.25, 0.3) is 5.69 Å². The topological polar surface area (TPSA) is 69.4 Å². The molecule has 86 valence electrons. The number of nitrogens with zero attached hydrogens (tertiary/aromatic N) is 1. The van der Waals surface area contributed by atoms with Gasteiger partial charge in [-0.2, -0.15) is 0 Å². The summed E-state index contributed by atoms with van der Waals surface area (Å²) in [5.74, 6) is -0.204. The Balaban J connectivity index is 2.99. The molecule has 0 aliphatic rings. The SMILES string of the molecule is COC(C)(C)C(=O)c1ccc([N+](=O)[O-])cc1. The highest BCUT2D eigenvalue weighted by atomic mass is 16.6. The summed E-state index contributed by atoms with van der Waals surface area (Å²) in [6.07, 6.45) is 0. The van der Waals surface area contributed by atoms with Crippen LogP contribution >= 0.6 is 0 Å². The van der Waals surface area contributed by atoms with Gasteiger partial charge in [-0.1, -0.05) is 0 Å². The Morgan fingerprint density at radius 1 is 1.31 bits per heavy atom. The van der Waals surface area contributed by atoms with Gasteiger partial charge < -0.3 is 4.74 Å². The number of hydrogen-bond acceptors (Lipinski definition) is 4. The zero-order valence-corrected chi connectivity index (χ0v) is 9.39. The Bertz CT molecular complexity index is 408. The van der Waals surface area contributed by atoms with Crippen LogP contribution in [-0.2, 0) is 4.74 Å². The monoisotopic (exact) mass is 223 g/mol. The van der Waals surface area contributed by atoms with Gasteiger partial charge in [-0.3, -0.25) is 14.9 Å². The van der Waals surface area contributed by atoms with Gasteiger partial charge in [0, 0.05) is 24.8 Å². The number of ether oxygens (including phenoxy) is 1. The lowest BCUT2D eigenvalue weighted by Crippen LogP contribution is -2.33. The molecule has 5 heteroatoms. The molecule has 0 spiro atoms. The molecule has 1 aromatic rings. The van der Waals surface area contributed by atoms with Crippen molar-refractivity contribution in [2.75, 3.05) is 7.11 Å². The average Bonchev–Trinajstić information content (AvgIpc) is 2.28. The Morgan fingerprint density at radius 3 is 2.19 bits per heavy atom. The van der Waals surface area contributed by atoms with E-state index in [-0.39, 0.29) is 11.5 Å². The number of carbonyl (C=O) groups excluding carboxylic acids is 1. The third-order valence-corrected chi connectivity index (χ3v) is 2.40. The van der Waals surface area contributed by atoms with Gasteiger partial charge in [-0.15, -0.1) is 0 Å². The van der Waals surface area contributed by atoms with Gasteiger partial charge in [0.2, 0.25) is 0 Å². The lowest BCUT2D eigenvalue weighted by molar-refractivity contribution is -0.384. The first-order valence-electron chi connectivity index (χ1n) is 4.73. The number of non-ortho nitro benzene ring substituents is 1. The van der Waals surface area contributed by atoms with E-state index in [1.54, 1.807) is 13.8 Å². The summed E-state index contributed by atoms with van der Waals surface area (Å²) in [4.78, 5) is 21.8. The van der Waals surface area contributed by atoms with E-state index in [0.717, 1.165) is 0 Å². The molecule has 0 unspecified atom stereocenters. The molecule has 5 nitrogen and oxygen atoms in total. The van der Waals surface area contributed by atoms with Crippen LogP contribution in [0, 0.1) is 10.1 Å². The molecule has 0 amide bonds. The second kappa shape index (κ2) is 4.40. The molecule has 0 saturated heterocycles. The Labute approximate surface area is 93.2 Å². The van der Waals surface area contributed by atoms with Crippen LogP contribution < -0.4 is 0 Å². The highest BCUT2D eigenvalue weighted by molar-refractivity contribution is 6.02. The number of rotatable bonds is 4. The number of nitro benzene ring substituents is 1. The Hall–Kier alpha value is -1.75. The van der Waals surface area contributed by atoms with Gasteiger partial charge in [-0.25, -0.2) is 0 Å². The molecule has 0 heterocycles. The average molecular weight is 223 g/mol. The summed E-state index contributed by atoms with van der Waals surface area (Å²) in [5, 5.41) is 10.4. The summed E-state index contributed by atoms with van der Waals surface area (Å²) in [5.41, 5.74) is -0.555. The van der Waals surface area contributed by atoms with Crippen molar-refractivity contribution in [1.29, 1.82) is 0 Å². The van der Waals surface area contributed by atoms with Crippen LogP contribution in [0.3, 0.4) is 0 Å². The number of nitro groups is 1. The third-order valence-electron chi connectivity index (χ3n) is 2.40. The second-order valence-electron chi connectivity index (χ2n) is 3.85. The maximum absolute atomic E-state index is 11.9. The number of methoxy groups -OCH3 is 1. The molecule has 0 aromatic heterocycles. The van der Waals surface area contributed by atoms with Crippen LogP contribution in [0.5, 0.6) is 0 Å². The number of carbonyl (C=O) groups is 1. The van der Waals surface area contributed by atoms with Crippen molar-refractivity contribution in [2.24, 2.45) is 0 Å². The third kappa shape index (κ3) is 2.43. The van der Waals surface area contributed by atoms with Crippen LogP contribution in [0.1, 0.15) is 24.2 Å². The minimum atomic E-state index is -0.921. The van der Waals surface area contributed by atoms with Crippen LogP contribution in [0.25, 0.3) is 0 Å². The van der Waals surface area contributed by atoms with Crippen molar-refractivity contribution >= 4 is 11.5 Å². The van der Waals surface area contributed by atoms with Gasteiger partial charge >= 0.3 is 0 Å². The van der Waals surface area contributed by atoms with Gasteiger partial charge in [-0.05, 0) is 26.0 Å². The number of ketones is 1. The van der Waals surface area contributed by atoms with Gasteiger partial charge in [0.05, 0.1) is 4.92 Å². The molecule has 1 rings (SSSR count). The number of benzene rings is 1. The second-order valence-corrected chi connectivity index (χ2v) is 3.85. The summed E-state index contributed by atoms with van der Waals surface area (Å²) in [6.45, 7) is 3.30. The molecule has 0 fully saturated rings.